The minimum absolute atomic E-state index is 0.239. The zero-order chi connectivity index (χ0) is 21.9. The first-order valence-corrected chi connectivity index (χ1v) is 12.7. The molecule has 1 aromatic heterocycles. The van der Waals surface area contributed by atoms with Crippen molar-refractivity contribution in [3.63, 3.8) is 0 Å². The highest BCUT2D eigenvalue weighted by molar-refractivity contribution is 7.91. The van der Waals surface area contributed by atoms with Gasteiger partial charge in [0.1, 0.15) is 4.21 Å². The second-order valence-corrected chi connectivity index (χ2v) is 10.3. The molecule has 0 radical (unpaired) electrons. The van der Waals surface area contributed by atoms with Gasteiger partial charge in [0.25, 0.3) is 10.0 Å². The molecular weight excluding hydrogens is 408 g/mol. The van der Waals surface area contributed by atoms with Gasteiger partial charge in [-0.15, -0.1) is 11.3 Å². The topological polar surface area (TPSA) is 83.0 Å². The van der Waals surface area contributed by atoms with Crippen molar-refractivity contribution in [2.75, 3.05) is 39.8 Å². The van der Waals surface area contributed by atoms with Crippen LogP contribution in [0.25, 0.3) is 0 Å². The Morgan fingerprint density at radius 1 is 1.17 bits per heavy atom. The molecule has 0 saturated carbocycles. The Morgan fingerprint density at radius 3 is 2.38 bits per heavy atom. The molecule has 2 N–H and O–H groups in total. The number of hydrogen-bond donors (Lipinski definition) is 2. The first-order chi connectivity index (χ1) is 13.8. The molecule has 9 heteroatoms. The van der Waals surface area contributed by atoms with Gasteiger partial charge in [-0.05, 0) is 37.8 Å². The minimum Gasteiger partial charge on any atom is -0.378 e. The Bertz CT molecular complexity index is 713. The minimum atomic E-state index is -3.37. The molecule has 0 fully saturated rings. The summed E-state index contributed by atoms with van der Waals surface area (Å²) in [6, 6.07) is 3.61. The molecule has 0 bridgehead atoms. The summed E-state index contributed by atoms with van der Waals surface area (Å²) in [4.78, 5) is 5.29. The summed E-state index contributed by atoms with van der Waals surface area (Å²) in [6.07, 6.45) is 1.90. The molecule has 1 unspecified atom stereocenters. The van der Waals surface area contributed by atoms with E-state index in [0.29, 0.717) is 29.8 Å². The molecule has 1 aromatic rings. The third-order valence-electron chi connectivity index (χ3n) is 4.67. The van der Waals surface area contributed by atoms with Gasteiger partial charge in [-0.25, -0.2) is 8.42 Å². The Hall–Kier alpha value is -1.16. The van der Waals surface area contributed by atoms with Crippen molar-refractivity contribution in [1.29, 1.82) is 0 Å². The Balaban J connectivity index is 2.49. The van der Waals surface area contributed by atoms with Gasteiger partial charge in [-0.2, -0.15) is 4.31 Å². The average molecular weight is 447 g/mol. The highest BCUT2D eigenvalue weighted by Gasteiger charge is 2.23. The maximum Gasteiger partial charge on any atom is 0.252 e. The fourth-order valence-electron chi connectivity index (χ4n) is 3.00. The lowest BCUT2D eigenvalue weighted by atomic mass is 10.0. The summed E-state index contributed by atoms with van der Waals surface area (Å²) in [5.74, 6) is 1.23. The Labute approximate surface area is 181 Å². The van der Waals surface area contributed by atoms with Crippen molar-refractivity contribution >= 4 is 27.3 Å². The van der Waals surface area contributed by atoms with Crippen molar-refractivity contribution < 1.29 is 13.2 Å². The molecule has 7 nitrogen and oxygen atoms in total. The van der Waals surface area contributed by atoms with Crippen LogP contribution in [0.5, 0.6) is 0 Å². The molecule has 168 valence electrons. The van der Waals surface area contributed by atoms with Crippen LogP contribution in [0.15, 0.2) is 21.3 Å². The molecule has 0 spiro atoms. The predicted octanol–water partition coefficient (Wildman–Crippen LogP) is 2.94. The average Bonchev–Trinajstić information content (AvgIpc) is 3.16. The van der Waals surface area contributed by atoms with E-state index in [1.54, 1.807) is 13.1 Å². The highest BCUT2D eigenvalue weighted by atomic mass is 32.2. The van der Waals surface area contributed by atoms with Gasteiger partial charge in [0, 0.05) is 44.7 Å². The van der Waals surface area contributed by atoms with E-state index in [4.69, 9.17) is 4.74 Å². The van der Waals surface area contributed by atoms with E-state index in [2.05, 4.69) is 29.5 Å². The van der Waals surface area contributed by atoms with Gasteiger partial charge in [-0.1, -0.05) is 27.7 Å². The van der Waals surface area contributed by atoms with Crippen LogP contribution in [-0.4, -0.2) is 64.6 Å². The number of guanidine groups is 1. The van der Waals surface area contributed by atoms with Crippen LogP contribution in [0.2, 0.25) is 0 Å². The molecule has 0 aliphatic heterocycles. The van der Waals surface area contributed by atoms with Gasteiger partial charge in [0.15, 0.2) is 5.96 Å². The maximum absolute atomic E-state index is 12.6. The van der Waals surface area contributed by atoms with Crippen molar-refractivity contribution in [3.8, 4) is 0 Å². The molecule has 1 rings (SSSR count). The van der Waals surface area contributed by atoms with Crippen LogP contribution in [0.1, 0.15) is 45.9 Å². The zero-order valence-corrected chi connectivity index (χ0v) is 20.3. The lowest BCUT2D eigenvalue weighted by Crippen LogP contribution is -2.40. The van der Waals surface area contributed by atoms with Crippen LogP contribution < -0.4 is 10.6 Å². The zero-order valence-electron chi connectivity index (χ0n) is 18.7. The van der Waals surface area contributed by atoms with Crippen LogP contribution in [-0.2, 0) is 21.2 Å². The summed E-state index contributed by atoms with van der Waals surface area (Å²) in [5, 5.41) is 6.61. The molecule has 29 heavy (non-hydrogen) atoms. The number of nitrogens with one attached hydrogen (secondary N) is 2. The fraction of sp³-hybridized carbons (Fsp3) is 0.750. The number of nitrogens with zero attached hydrogens (tertiary/aromatic N) is 2. The van der Waals surface area contributed by atoms with Crippen LogP contribution in [0, 0.1) is 5.92 Å². The lowest BCUT2D eigenvalue weighted by Gasteiger charge is -2.21. The van der Waals surface area contributed by atoms with E-state index >= 15 is 0 Å². The number of rotatable bonds is 13. The maximum atomic E-state index is 12.6. The van der Waals surface area contributed by atoms with Crippen LogP contribution in [0.3, 0.4) is 0 Å². The number of ether oxygens (including phenoxy) is 1. The van der Waals surface area contributed by atoms with Gasteiger partial charge >= 0.3 is 0 Å². The first kappa shape index (κ1) is 25.9. The molecule has 0 amide bonds. The first-order valence-electron chi connectivity index (χ1n) is 10.4. The third-order valence-corrected chi connectivity index (χ3v) is 8.33. The lowest BCUT2D eigenvalue weighted by molar-refractivity contribution is 0.0258. The van der Waals surface area contributed by atoms with Crippen LogP contribution >= 0.6 is 11.3 Å². The van der Waals surface area contributed by atoms with Gasteiger partial charge in [0.2, 0.25) is 0 Å². The van der Waals surface area contributed by atoms with E-state index in [1.807, 2.05) is 26.8 Å². The quantitative estimate of drug-likeness (QED) is 0.360. The molecule has 1 atom stereocenters. The summed E-state index contributed by atoms with van der Waals surface area (Å²) >= 11 is 1.34. The molecular formula is C20H38N4O3S2. The Kier molecular flexibility index (Phi) is 11.8. The normalized spacial score (nSPS) is 13.9. The predicted molar refractivity (Wildman–Crippen MR) is 122 cm³/mol. The second kappa shape index (κ2) is 13.2. The SMILES string of the molecule is CCOC(CCNC(=NC)NCCc1ccc(S(=O)(=O)N(CC)CC)s1)C(C)C. The summed E-state index contributed by atoms with van der Waals surface area (Å²) in [5.41, 5.74) is 0. The van der Waals surface area contributed by atoms with Gasteiger partial charge < -0.3 is 15.4 Å². The number of thiophene rings is 1. The van der Waals surface area contributed by atoms with Crippen molar-refractivity contribution in [1.82, 2.24) is 14.9 Å². The summed E-state index contributed by atoms with van der Waals surface area (Å²) in [6.45, 7) is 13.2. The molecule has 0 aliphatic rings. The number of hydrogen-bond acceptors (Lipinski definition) is 5. The van der Waals surface area contributed by atoms with Crippen LogP contribution in [0.4, 0.5) is 0 Å². The van der Waals surface area contributed by atoms with Crippen molar-refractivity contribution in [3.05, 3.63) is 17.0 Å². The van der Waals surface area contributed by atoms with E-state index in [0.717, 1.165) is 36.8 Å². The summed E-state index contributed by atoms with van der Waals surface area (Å²) < 4.78 is 32.8. The third kappa shape index (κ3) is 8.24. The highest BCUT2D eigenvalue weighted by Crippen LogP contribution is 2.25. The van der Waals surface area contributed by atoms with E-state index < -0.39 is 10.0 Å². The van der Waals surface area contributed by atoms with E-state index in [9.17, 15) is 8.42 Å². The number of aliphatic imine (C=N–C) groups is 1. The molecule has 1 heterocycles. The largest absolute Gasteiger partial charge is 0.378 e. The molecule has 0 saturated heterocycles. The Morgan fingerprint density at radius 2 is 1.83 bits per heavy atom. The standard InChI is InChI=1S/C20H38N4O3S2/c1-7-24(8-2)29(25,26)19-11-10-17(28-19)12-14-22-20(21-6)23-15-13-18(16(4)5)27-9-3/h10-11,16,18H,7-9,12-15H2,1-6H3,(H2,21,22,23). The molecule has 0 aromatic carbocycles. The summed E-state index contributed by atoms with van der Waals surface area (Å²) in [7, 11) is -1.63. The van der Waals surface area contributed by atoms with Gasteiger partial charge in [-0.3, -0.25) is 4.99 Å². The monoisotopic (exact) mass is 446 g/mol. The van der Waals surface area contributed by atoms with Gasteiger partial charge in [0.05, 0.1) is 6.10 Å². The van der Waals surface area contributed by atoms with Crippen molar-refractivity contribution in [2.24, 2.45) is 10.9 Å². The number of sulfonamides is 1. The van der Waals surface area contributed by atoms with E-state index in [-0.39, 0.29) is 6.10 Å². The fourth-order valence-corrected chi connectivity index (χ4v) is 5.97. The van der Waals surface area contributed by atoms with E-state index in [1.165, 1.54) is 15.6 Å². The molecule has 0 aliphatic carbocycles. The second-order valence-electron chi connectivity index (χ2n) is 7.01. The van der Waals surface area contributed by atoms with Crippen molar-refractivity contribution in [2.45, 2.75) is 57.8 Å². The smallest absolute Gasteiger partial charge is 0.252 e.